The maximum atomic E-state index is 11.1. The first-order valence-corrected chi connectivity index (χ1v) is 6.65. The van der Waals surface area contributed by atoms with Gasteiger partial charge in [-0.25, -0.2) is 0 Å². The fraction of sp³-hybridized carbons (Fsp3) is 0.923. The Hall–Kier alpha value is -0.570. The molecule has 0 amide bonds. The van der Waals surface area contributed by atoms with Gasteiger partial charge >= 0.3 is 5.97 Å². The van der Waals surface area contributed by atoms with Crippen molar-refractivity contribution in [2.24, 2.45) is 5.92 Å². The molecule has 1 fully saturated rings. The smallest absolute Gasteiger partial charge is 0.320 e. The van der Waals surface area contributed by atoms with Crippen LogP contribution in [0.15, 0.2) is 0 Å². The van der Waals surface area contributed by atoms with E-state index < -0.39 is 5.97 Å². The fourth-order valence-electron chi connectivity index (χ4n) is 2.79. The van der Waals surface area contributed by atoms with Crippen molar-refractivity contribution < 1.29 is 9.90 Å². The highest BCUT2D eigenvalue weighted by Gasteiger charge is 2.26. The molecule has 2 unspecified atom stereocenters. The summed E-state index contributed by atoms with van der Waals surface area (Å²) in [5.41, 5.74) is 0. The number of aliphatic carboxylic acids is 1. The fourth-order valence-corrected chi connectivity index (χ4v) is 2.79. The van der Waals surface area contributed by atoms with Gasteiger partial charge in [-0.3, -0.25) is 9.69 Å². The molecule has 0 aliphatic carbocycles. The van der Waals surface area contributed by atoms with Gasteiger partial charge in [-0.2, -0.15) is 0 Å². The molecule has 0 aromatic carbocycles. The van der Waals surface area contributed by atoms with Crippen LogP contribution in [0.1, 0.15) is 52.4 Å². The highest BCUT2D eigenvalue weighted by Crippen LogP contribution is 2.23. The second-order valence-electron chi connectivity index (χ2n) is 4.88. The van der Waals surface area contributed by atoms with Crippen LogP contribution in [0, 0.1) is 5.92 Å². The van der Waals surface area contributed by atoms with Gasteiger partial charge in [0.1, 0.15) is 6.04 Å². The van der Waals surface area contributed by atoms with Crippen LogP contribution in [-0.4, -0.2) is 35.1 Å². The van der Waals surface area contributed by atoms with Crippen molar-refractivity contribution >= 4 is 5.97 Å². The molecule has 1 N–H and O–H groups in total. The molecule has 0 bridgehead atoms. The topological polar surface area (TPSA) is 40.5 Å². The summed E-state index contributed by atoms with van der Waals surface area (Å²) in [6.07, 6.45) is 6.89. The number of carboxylic acid groups (broad SMARTS) is 1. The molecule has 0 radical (unpaired) electrons. The van der Waals surface area contributed by atoms with Gasteiger partial charge in [0.2, 0.25) is 0 Å². The Bertz CT molecular complexity index is 218. The van der Waals surface area contributed by atoms with Gasteiger partial charge in [0.05, 0.1) is 0 Å². The van der Waals surface area contributed by atoms with Crippen LogP contribution in [-0.2, 0) is 4.79 Å². The van der Waals surface area contributed by atoms with E-state index in [-0.39, 0.29) is 6.04 Å². The summed E-state index contributed by atoms with van der Waals surface area (Å²) in [5, 5.41) is 9.14. The standard InChI is InChI=1S/C13H25NO2/c1-3-6-11-7-5-9-14(10-8-11)12(4-2)13(15)16/h11-12H,3-10H2,1-2H3,(H,15,16). The SMILES string of the molecule is CCCC1CCCN(C(CC)C(=O)O)CC1. The van der Waals surface area contributed by atoms with Gasteiger partial charge in [-0.05, 0) is 44.7 Å². The molecule has 3 nitrogen and oxygen atoms in total. The molecule has 16 heavy (non-hydrogen) atoms. The zero-order valence-corrected chi connectivity index (χ0v) is 10.6. The lowest BCUT2D eigenvalue weighted by Crippen LogP contribution is -2.41. The Kier molecular flexibility index (Phi) is 5.81. The van der Waals surface area contributed by atoms with E-state index in [1.54, 1.807) is 0 Å². The minimum absolute atomic E-state index is 0.264. The molecule has 3 heteroatoms. The van der Waals surface area contributed by atoms with Gasteiger partial charge in [-0.1, -0.05) is 26.7 Å². The zero-order chi connectivity index (χ0) is 12.0. The van der Waals surface area contributed by atoms with Crippen molar-refractivity contribution in [1.82, 2.24) is 4.90 Å². The predicted octanol–water partition coefficient (Wildman–Crippen LogP) is 2.75. The average molecular weight is 227 g/mol. The van der Waals surface area contributed by atoms with Crippen molar-refractivity contribution in [1.29, 1.82) is 0 Å². The summed E-state index contributed by atoms with van der Waals surface area (Å²) in [4.78, 5) is 13.3. The van der Waals surface area contributed by atoms with Crippen molar-refractivity contribution in [3.8, 4) is 0 Å². The minimum Gasteiger partial charge on any atom is -0.480 e. The van der Waals surface area contributed by atoms with Gasteiger partial charge in [0, 0.05) is 0 Å². The summed E-state index contributed by atoms with van der Waals surface area (Å²) in [7, 11) is 0. The Morgan fingerprint density at radius 2 is 2.12 bits per heavy atom. The molecular formula is C13H25NO2. The Labute approximate surface area is 98.8 Å². The van der Waals surface area contributed by atoms with Crippen LogP contribution < -0.4 is 0 Å². The molecule has 2 atom stereocenters. The monoisotopic (exact) mass is 227 g/mol. The number of likely N-dealkylation sites (tertiary alicyclic amines) is 1. The quantitative estimate of drug-likeness (QED) is 0.785. The Morgan fingerprint density at radius 3 is 2.69 bits per heavy atom. The lowest BCUT2D eigenvalue weighted by molar-refractivity contribution is -0.143. The van der Waals surface area contributed by atoms with E-state index in [4.69, 9.17) is 5.11 Å². The highest BCUT2D eigenvalue weighted by molar-refractivity contribution is 5.73. The second kappa shape index (κ2) is 6.89. The summed E-state index contributed by atoms with van der Waals surface area (Å²) in [6.45, 7) is 6.13. The maximum Gasteiger partial charge on any atom is 0.320 e. The van der Waals surface area contributed by atoms with E-state index in [0.717, 1.165) is 25.4 Å². The summed E-state index contributed by atoms with van der Waals surface area (Å²) in [5.74, 6) is 0.165. The second-order valence-corrected chi connectivity index (χ2v) is 4.88. The van der Waals surface area contributed by atoms with Crippen molar-refractivity contribution in [2.45, 2.75) is 58.4 Å². The van der Waals surface area contributed by atoms with Crippen molar-refractivity contribution in [3.63, 3.8) is 0 Å². The average Bonchev–Trinajstić information content (AvgIpc) is 2.46. The Morgan fingerprint density at radius 1 is 1.38 bits per heavy atom. The van der Waals surface area contributed by atoms with E-state index >= 15 is 0 Å². The molecule has 0 spiro atoms. The Balaban J connectivity index is 2.48. The number of hydrogen-bond acceptors (Lipinski definition) is 2. The third-order valence-corrected chi connectivity index (χ3v) is 3.69. The van der Waals surface area contributed by atoms with E-state index in [0.29, 0.717) is 6.42 Å². The molecule has 1 rings (SSSR count). The molecule has 1 aliphatic heterocycles. The molecule has 1 heterocycles. The molecular weight excluding hydrogens is 202 g/mol. The van der Waals surface area contributed by atoms with Gasteiger partial charge in [0.15, 0.2) is 0 Å². The summed E-state index contributed by atoms with van der Waals surface area (Å²) >= 11 is 0. The lowest BCUT2D eigenvalue weighted by Gasteiger charge is -2.26. The molecule has 1 aliphatic rings. The highest BCUT2D eigenvalue weighted by atomic mass is 16.4. The van der Waals surface area contributed by atoms with Crippen LogP contribution in [0.3, 0.4) is 0 Å². The number of rotatable bonds is 5. The van der Waals surface area contributed by atoms with Crippen LogP contribution in [0.25, 0.3) is 0 Å². The number of hydrogen-bond donors (Lipinski definition) is 1. The number of carboxylic acids is 1. The molecule has 1 saturated heterocycles. The first kappa shape index (κ1) is 13.5. The first-order valence-electron chi connectivity index (χ1n) is 6.65. The summed E-state index contributed by atoms with van der Waals surface area (Å²) in [6, 6.07) is -0.264. The predicted molar refractivity (Wildman–Crippen MR) is 65.5 cm³/mol. The van der Waals surface area contributed by atoms with Crippen molar-refractivity contribution in [2.75, 3.05) is 13.1 Å². The molecule has 0 aromatic rings. The number of carbonyl (C=O) groups is 1. The van der Waals surface area contributed by atoms with Gasteiger partial charge < -0.3 is 5.11 Å². The maximum absolute atomic E-state index is 11.1. The molecule has 94 valence electrons. The number of nitrogens with zero attached hydrogens (tertiary/aromatic N) is 1. The summed E-state index contributed by atoms with van der Waals surface area (Å²) < 4.78 is 0. The van der Waals surface area contributed by atoms with Gasteiger partial charge in [0.25, 0.3) is 0 Å². The largest absolute Gasteiger partial charge is 0.480 e. The third kappa shape index (κ3) is 3.78. The van der Waals surface area contributed by atoms with Crippen LogP contribution in [0.4, 0.5) is 0 Å². The van der Waals surface area contributed by atoms with E-state index in [1.807, 2.05) is 6.92 Å². The molecule has 0 aromatic heterocycles. The van der Waals surface area contributed by atoms with E-state index in [1.165, 1.54) is 25.7 Å². The lowest BCUT2D eigenvalue weighted by atomic mass is 9.96. The third-order valence-electron chi connectivity index (χ3n) is 3.69. The molecule has 0 saturated carbocycles. The van der Waals surface area contributed by atoms with E-state index in [2.05, 4.69) is 11.8 Å². The van der Waals surface area contributed by atoms with Crippen LogP contribution in [0.2, 0.25) is 0 Å². The van der Waals surface area contributed by atoms with Gasteiger partial charge in [-0.15, -0.1) is 0 Å². The first-order chi connectivity index (χ1) is 7.69. The zero-order valence-electron chi connectivity index (χ0n) is 10.6. The minimum atomic E-state index is -0.656. The van der Waals surface area contributed by atoms with Crippen LogP contribution in [0.5, 0.6) is 0 Å². The van der Waals surface area contributed by atoms with E-state index in [9.17, 15) is 4.79 Å². The van der Waals surface area contributed by atoms with Crippen LogP contribution >= 0.6 is 0 Å². The normalized spacial score (nSPS) is 25.0. The van der Waals surface area contributed by atoms with Crippen molar-refractivity contribution in [3.05, 3.63) is 0 Å².